The average Bonchev–Trinajstić information content (AvgIpc) is 2.69. The summed E-state index contributed by atoms with van der Waals surface area (Å²) < 4.78 is 38.2. The third kappa shape index (κ3) is 2.04. The molecule has 0 bridgehead atoms. The summed E-state index contributed by atoms with van der Waals surface area (Å²) in [6, 6.07) is 3.63. The minimum absolute atomic E-state index is 0.0365. The normalized spacial score (nSPS) is 11.8. The van der Waals surface area contributed by atoms with Gasteiger partial charge in [-0.05, 0) is 12.1 Å². The standard InChI is InChI=1S/C10H6ClF3N2/c11-6-1-2-7(9-4-15-5-16-9)8(3-6)10(12,13)14/h1-5H,(H,15,16). The van der Waals surface area contributed by atoms with Crippen molar-refractivity contribution < 1.29 is 13.2 Å². The molecule has 0 saturated heterocycles. The zero-order valence-electron chi connectivity index (χ0n) is 7.85. The summed E-state index contributed by atoms with van der Waals surface area (Å²) in [5.74, 6) is 0. The largest absolute Gasteiger partial charge is 0.417 e. The van der Waals surface area contributed by atoms with E-state index in [0.29, 0.717) is 5.69 Å². The van der Waals surface area contributed by atoms with Gasteiger partial charge in [-0.1, -0.05) is 17.7 Å². The molecular formula is C10H6ClF3N2. The van der Waals surface area contributed by atoms with Crippen molar-refractivity contribution in [1.29, 1.82) is 0 Å². The molecule has 1 aromatic heterocycles. The Bertz CT molecular complexity index is 491. The number of benzene rings is 1. The second-order valence-corrected chi connectivity index (χ2v) is 3.59. The number of nitrogens with one attached hydrogen (secondary N) is 1. The number of hydrogen-bond donors (Lipinski definition) is 1. The zero-order valence-corrected chi connectivity index (χ0v) is 8.60. The molecule has 1 aromatic carbocycles. The first kappa shape index (κ1) is 11.0. The van der Waals surface area contributed by atoms with Crippen LogP contribution in [0.2, 0.25) is 5.02 Å². The van der Waals surface area contributed by atoms with Crippen LogP contribution < -0.4 is 0 Å². The Balaban J connectivity index is 2.62. The maximum atomic E-state index is 12.7. The highest BCUT2D eigenvalue weighted by atomic mass is 35.5. The predicted octanol–water partition coefficient (Wildman–Crippen LogP) is 3.75. The summed E-state index contributed by atoms with van der Waals surface area (Å²) in [4.78, 5) is 6.32. The van der Waals surface area contributed by atoms with Crippen molar-refractivity contribution in [3.8, 4) is 11.3 Å². The summed E-state index contributed by atoms with van der Waals surface area (Å²) in [5.41, 5.74) is -0.428. The number of nitrogens with zero attached hydrogens (tertiary/aromatic N) is 1. The van der Waals surface area contributed by atoms with Crippen molar-refractivity contribution in [3.63, 3.8) is 0 Å². The smallest absolute Gasteiger partial charge is 0.345 e. The number of aromatic amines is 1. The molecule has 0 atom stereocenters. The van der Waals surface area contributed by atoms with Gasteiger partial charge in [0.25, 0.3) is 0 Å². The molecule has 0 saturated carbocycles. The molecule has 0 aliphatic rings. The Hall–Kier alpha value is -1.49. The number of hydrogen-bond acceptors (Lipinski definition) is 1. The van der Waals surface area contributed by atoms with Crippen LogP contribution in [0.1, 0.15) is 5.56 Å². The van der Waals surface area contributed by atoms with Gasteiger partial charge in [0.05, 0.1) is 23.8 Å². The Labute approximate surface area is 94.1 Å². The van der Waals surface area contributed by atoms with Crippen LogP contribution in [0.4, 0.5) is 13.2 Å². The van der Waals surface area contributed by atoms with Gasteiger partial charge in [-0.15, -0.1) is 0 Å². The van der Waals surface area contributed by atoms with Gasteiger partial charge in [0.2, 0.25) is 0 Å². The summed E-state index contributed by atoms with van der Waals surface area (Å²) >= 11 is 5.56. The van der Waals surface area contributed by atoms with Gasteiger partial charge in [-0.2, -0.15) is 13.2 Å². The first-order valence-electron chi connectivity index (χ1n) is 4.34. The maximum Gasteiger partial charge on any atom is 0.417 e. The van der Waals surface area contributed by atoms with E-state index in [2.05, 4.69) is 9.97 Å². The number of alkyl halides is 3. The van der Waals surface area contributed by atoms with Crippen LogP contribution in [0.15, 0.2) is 30.7 Å². The second-order valence-electron chi connectivity index (χ2n) is 3.15. The van der Waals surface area contributed by atoms with Gasteiger partial charge < -0.3 is 4.98 Å². The zero-order chi connectivity index (χ0) is 11.8. The van der Waals surface area contributed by atoms with Crippen LogP contribution in [-0.4, -0.2) is 9.97 Å². The molecule has 2 nitrogen and oxygen atoms in total. The van der Waals surface area contributed by atoms with Crippen molar-refractivity contribution in [1.82, 2.24) is 9.97 Å². The van der Waals surface area contributed by atoms with Crippen LogP contribution >= 0.6 is 11.6 Å². The van der Waals surface area contributed by atoms with Crippen molar-refractivity contribution in [2.24, 2.45) is 0 Å². The van der Waals surface area contributed by atoms with E-state index in [4.69, 9.17) is 11.6 Å². The molecule has 0 spiro atoms. The molecule has 16 heavy (non-hydrogen) atoms. The predicted molar refractivity (Wildman–Crippen MR) is 54.0 cm³/mol. The molecule has 1 N–H and O–H groups in total. The fraction of sp³-hybridized carbons (Fsp3) is 0.100. The van der Waals surface area contributed by atoms with E-state index in [-0.39, 0.29) is 10.6 Å². The summed E-state index contributed by atoms with van der Waals surface area (Å²) in [6.45, 7) is 0. The van der Waals surface area contributed by atoms with E-state index in [1.807, 2.05) is 0 Å². The minimum atomic E-state index is -4.44. The Morgan fingerprint density at radius 3 is 2.56 bits per heavy atom. The molecule has 0 aliphatic heterocycles. The van der Waals surface area contributed by atoms with Crippen LogP contribution in [0.3, 0.4) is 0 Å². The molecule has 1 heterocycles. The van der Waals surface area contributed by atoms with E-state index >= 15 is 0 Å². The van der Waals surface area contributed by atoms with Crippen LogP contribution in [0, 0.1) is 0 Å². The van der Waals surface area contributed by atoms with E-state index < -0.39 is 11.7 Å². The quantitative estimate of drug-likeness (QED) is 0.816. The first-order valence-corrected chi connectivity index (χ1v) is 4.72. The lowest BCUT2D eigenvalue weighted by Crippen LogP contribution is -2.07. The Morgan fingerprint density at radius 1 is 1.25 bits per heavy atom. The highest BCUT2D eigenvalue weighted by molar-refractivity contribution is 6.30. The van der Waals surface area contributed by atoms with E-state index in [9.17, 15) is 13.2 Å². The van der Waals surface area contributed by atoms with Crippen LogP contribution in [-0.2, 0) is 6.18 Å². The SMILES string of the molecule is FC(F)(F)c1cc(Cl)ccc1-c1cnc[nH]1. The molecule has 0 radical (unpaired) electrons. The van der Waals surface area contributed by atoms with Gasteiger partial charge >= 0.3 is 6.18 Å². The van der Waals surface area contributed by atoms with Gasteiger partial charge in [0.15, 0.2) is 0 Å². The number of aromatic nitrogens is 2. The summed E-state index contributed by atoms with van der Waals surface area (Å²) in [7, 11) is 0. The average molecular weight is 247 g/mol. The van der Waals surface area contributed by atoms with E-state index in [0.717, 1.165) is 6.07 Å². The highest BCUT2D eigenvalue weighted by Gasteiger charge is 2.34. The third-order valence-electron chi connectivity index (χ3n) is 2.08. The number of rotatable bonds is 1. The fourth-order valence-corrected chi connectivity index (χ4v) is 1.56. The highest BCUT2D eigenvalue weighted by Crippen LogP contribution is 2.37. The van der Waals surface area contributed by atoms with Crippen LogP contribution in [0.5, 0.6) is 0 Å². The monoisotopic (exact) mass is 246 g/mol. The molecule has 2 aromatic rings. The molecule has 0 fully saturated rings. The first-order chi connectivity index (χ1) is 7.48. The number of halogens is 4. The molecule has 0 aliphatic carbocycles. The Morgan fingerprint density at radius 2 is 2.00 bits per heavy atom. The van der Waals surface area contributed by atoms with E-state index in [1.54, 1.807) is 0 Å². The van der Waals surface area contributed by atoms with Crippen molar-refractivity contribution in [3.05, 3.63) is 41.3 Å². The van der Waals surface area contributed by atoms with Crippen LogP contribution in [0.25, 0.3) is 11.3 Å². The van der Waals surface area contributed by atoms with Gasteiger partial charge in [-0.3, -0.25) is 0 Å². The molecule has 0 amide bonds. The van der Waals surface area contributed by atoms with Gasteiger partial charge in [0, 0.05) is 10.6 Å². The fourth-order valence-electron chi connectivity index (χ4n) is 1.39. The van der Waals surface area contributed by atoms with Gasteiger partial charge in [0.1, 0.15) is 0 Å². The Kier molecular flexibility index (Phi) is 2.63. The lowest BCUT2D eigenvalue weighted by molar-refractivity contribution is -0.137. The van der Waals surface area contributed by atoms with Crippen molar-refractivity contribution >= 4 is 11.6 Å². The minimum Gasteiger partial charge on any atom is -0.345 e. The summed E-state index contributed by atoms with van der Waals surface area (Å²) in [6.07, 6.45) is -1.78. The number of H-pyrrole nitrogens is 1. The lowest BCUT2D eigenvalue weighted by Gasteiger charge is -2.11. The lowest BCUT2D eigenvalue weighted by atomic mass is 10.0. The topological polar surface area (TPSA) is 28.7 Å². The maximum absolute atomic E-state index is 12.7. The van der Waals surface area contributed by atoms with E-state index in [1.165, 1.54) is 24.7 Å². The summed E-state index contributed by atoms with van der Waals surface area (Å²) in [5, 5.41) is 0.0515. The molecule has 84 valence electrons. The number of imidazole rings is 1. The molecule has 0 unspecified atom stereocenters. The van der Waals surface area contributed by atoms with Gasteiger partial charge in [-0.25, -0.2) is 4.98 Å². The second kappa shape index (κ2) is 3.83. The molecule has 2 rings (SSSR count). The third-order valence-corrected chi connectivity index (χ3v) is 2.31. The molecule has 6 heteroatoms. The molecular weight excluding hydrogens is 241 g/mol. The van der Waals surface area contributed by atoms with Crippen molar-refractivity contribution in [2.45, 2.75) is 6.18 Å². The van der Waals surface area contributed by atoms with Crippen molar-refractivity contribution in [2.75, 3.05) is 0 Å².